The number of nitrogens with zero attached hydrogens (tertiary/aromatic N) is 2. The third kappa shape index (κ3) is 4.73. The molecule has 2 rings (SSSR count). The number of halogens is 2. The van der Waals surface area contributed by atoms with E-state index < -0.39 is 5.60 Å². The summed E-state index contributed by atoms with van der Waals surface area (Å²) in [5, 5.41) is 4.35. The van der Waals surface area contributed by atoms with Crippen molar-refractivity contribution in [3.8, 4) is 0 Å². The van der Waals surface area contributed by atoms with Gasteiger partial charge >= 0.3 is 6.09 Å². The second-order valence-corrected chi connectivity index (χ2v) is 7.15. The van der Waals surface area contributed by atoms with Crippen molar-refractivity contribution < 1.29 is 9.53 Å². The van der Waals surface area contributed by atoms with Gasteiger partial charge in [-0.3, -0.25) is 4.98 Å². The second-order valence-electron chi connectivity index (χ2n) is 6.31. The predicted molar refractivity (Wildman–Crippen MR) is 87.4 cm³/mol. The summed E-state index contributed by atoms with van der Waals surface area (Å²) in [7, 11) is 0. The Morgan fingerprint density at radius 1 is 1.45 bits per heavy atom. The summed E-state index contributed by atoms with van der Waals surface area (Å²) < 4.78 is 5.45. The van der Waals surface area contributed by atoms with Crippen LogP contribution in [0, 0.1) is 0 Å². The lowest BCUT2D eigenvalue weighted by Crippen LogP contribution is -2.40. The van der Waals surface area contributed by atoms with Crippen molar-refractivity contribution in [2.24, 2.45) is 0 Å². The molecule has 0 spiro atoms. The number of nitrogens with one attached hydrogen (secondary N) is 1. The molecule has 0 saturated carbocycles. The summed E-state index contributed by atoms with van der Waals surface area (Å²) in [4.78, 5) is 18.3. The largest absolute Gasteiger partial charge is 0.444 e. The minimum absolute atomic E-state index is 0.139. The molecule has 5 nitrogen and oxygen atoms in total. The van der Waals surface area contributed by atoms with Crippen LogP contribution in [0.4, 0.5) is 4.79 Å². The smallest absolute Gasteiger partial charge is 0.410 e. The first kappa shape index (κ1) is 17.3. The SMILES string of the molecule is CC(C)(C)OC(=O)N1CCCNC(c2ncc(Cl)cc2Cl)C1. The molecule has 0 aromatic carbocycles. The summed E-state index contributed by atoms with van der Waals surface area (Å²) in [5.41, 5.74) is 0.184. The van der Waals surface area contributed by atoms with Crippen LogP contribution in [-0.4, -0.2) is 41.2 Å². The van der Waals surface area contributed by atoms with E-state index in [2.05, 4.69) is 10.3 Å². The van der Waals surface area contributed by atoms with Crippen molar-refractivity contribution in [3.63, 3.8) is 0 Å². The lowest BCUT2D eigenvalue weighted by molar-refractivity contribution is 0.0246. The lowest BCUT2D eigenvalue weighted by atomic mass is 10.1. The van der Waals surface area contributed by atoms with Crippen molar-refractivity contribution in [1.29, 1.82) is 0 Å². The molecule has 1 aromatic heterocycles. The van der Waals surface area contributed by atoms with Crippen LogP contribution in [0.15, 0.2) is 12.3 Å². The van der Waals surface area contributed by atoms with Crippen LogP contribution in [0.1, 0.15) is 38.9 Å². The van der Waals surface area contributed by atoms with Gasteiger partial charge in [-0.2, -0.15) is 0 Å². The third-order valence-corrected chi connectivity index (χ3v) is 3.73. The standard InChI is InChI=1S/C15H21Cl2N3O2/c1-15(2,3)22-14(21)20-6-4-5-18-12(9-20)13-11(17)7-10(16)8-19-13/h7-8,12,18H,4-6,9H2,1-3H3. The van der Waals surface area contributed by atoms with Gasteiger partial charge in [0.05, 0.1) is 21.8 Å². The Balaban J connectivity index is 2.14. The summed E-state index contributed by atoms with van der Waals surface area (Å²) in [6.45, 7) is 7.46. The van der Waals surface area contributed by atoms with Gasteiger partial charge < -0.3 is 15.0 Å². The van der Waals surface area contributed by atoms with E-state index in [0.717, 1.165) is 13.0 Å². The number of carbonyl (C=O) groups excluding carboxylic acids is 1. The van der Waals surface area contributed by atoms with E-state index in [0.29, 0.717) is 28.8 Å². The summed E-state index contributed by atoms with van der Waals surface area (Å²) in [5.74, 6) is 0. The zero-order chi connectivity index (χ0) is 16.3. The highest BCUT2D eigenvalue weighted by Crippen LogP contribution is 2.26. The number of aromatic nitrogens is 1. The fourth-order valence-corrected chi connectivity index (χ4v) is 2.79. The maximum atomic E-state index is 12.3. The molecule has 22 heavy (non-hydrogen) atoms. The Bertz CT molecular complexity index is 546. The molecular formula is C15H21Cl2N3O2. The summed E-state index contributed by atoms with van der Waals surface area (Å²) in [6.07, 6.45) is 2.10. The average molecular weight is 346 g/mol. The minimum atomic E-state index is -0.511. The molecule has 1 atom stereocenters. The van der Waals surface area contributed by atoms with Gasteiger partial charge in [-0.25, -0.2) is 4.79 Å². The first-order valence-electron chi connectivity index (χ1n) is 7.28. The topological polar surface area (TPSA) is 54.5 Å². The second kappa shape index (κ2) is 7.02. The van der Waals surface area contributed by atoms with Crippen molar-refractivity contribution in [2.75, 3.05) is 19.6 Å². The average Bonchev–Trinajstić information content (AvgIpc) is 2.62. The Kier molecular flexibility index (Phi) is 5.53. The molecule has 0 bridgehead atoms. The van der Waals surface area contributed by atoms with Gasteiger partial charge in [-0.05, 0) is 39.8 Å². The van der Waals surface area contributed by atoms with E-state index in [1.54, 1.807) is 17.2 Å². The van der Waals surface area contributed by atoms with E-state index in [1.165, 1.54) is 0 Å². The van der Waals surface area contributed by atoms with Crippen LogP contribution in [-0.2, 0) is 4.74 Å². The number of rotatable bonds is 1. The Morgan fingerprint density at radius 3 is 2.82 bits per heavy atom. The van der Waals surface area contributed by atoms with Crippen molar-refractivity contribution >= 4 is 29.3 Å². The molecule has 1 aliphatic heterocycles. The van der Waals surface area contributed by atoms with Gasteiger partial charge in [0.1, 0.15) is 5.60 Å². The third-order valence-electron chi connectivity index (χ3n) is 3.22. The number of pyridine rings is 1. The van der Waals surface area contributed by atoms with Gasteiger partial charge in [-0.15, -0.1) is 0 Å². The van der Waals surface area contributed by atoms with Crippen LogP contribution in [0.2, 0.25) is 10.0 Å². The van der Waals surface area contributed by atoms with Crippen LogP contribution < -0.4 is 5.32 Å². The molecule has 1 fully saturated rings. The molecule has 0 radical (unpaired) electrons. The molecule has 2 heterocycles. The monoisotopic (exact) mass is 345 g/mol. The summed E-state index contributed by atoms with van der Waals surface area (Å²) >= 11 is 12.1. The number of hydrogen-bond donors (Lipinski definition) is 1. The van der Waals surface area contributed by atoms with E-state index >= 15 is 0 Å². The van der Waals surface area contributed by atoms with Gasteiger partial charge in [0.15, 0.2) is 0 Å². The molecule has 1 amide bonds. The zero-order valence-corrected chi connectivity index (χ0v) is 14.5. The van der Waals surface area contributed by atoms with Crippen molar-refractivity contribution in [1.82, 2.24) is 15.2 Å². The van der Waals surface area contributed by atoms with Crippen LogP contribution >= 0.6 is 23.2 Å². The van der Waals surface area contributed by atoms with E-state index in [1.807, 2.05) is 20.8 Å². The molecular weight excluding hydrogens is 325 g/mol. The normalized spacial score (nSPS) is 19.7. The number of hydrogen-bond acceptors (Lipinski definition) is 4. The lowest BCUT2D eigenvalue weighted by Gasteiger charge is -2.28. The van der Waals surface area contributed by atoms with Crippen LogP contribution in [0.25, 0.3) is 0 Å². The molecule has 1 aliphatic rings. The summed E-state index contributed by atoms with van der Waals surface area (Å²) in [6, 6.07) is 1.52. The molecule has 122 valence electrons. The Morgan fingerprint density at radius 2 is 2.18 bits per heavy atom. The van der Waals surface area contributed by atoms with Gasteiger partial charge in [-0.1, -0.05) is 23.2 Å². The van der Waals surface area contributed by atoms with Crippen molar-refractivity contribution in [3.05, 3.63) is 28.0 Å². The first-order chi connectivity index (χ1) is 10.3. The Labute approximate surface area is 140 Å². The highest BCUT2D eigenvalue weighted by Gasteiger charge is 2.28. The van der Waals surface area contributed by atoms with Crippen LogP contribution in [0.5, 0.6) is 0 Å². The van der Waals surface area contributed by atoms with Gasteiger partial charge in [0.25, 0.3) is 0 Å². The molecule has 0 aliphatic carbocycles. The zero-order valence-electron chi connectivity index (χ0n) is 13.0. The fourth-order valence-electron chi connectivity index (χ4n) is 2.28. The number of carbonyl (C=O) groups is 1. The number of amides is 1. The Hall–Kier alpha value is -1.04. The fraction of sp³-hybridized carbons (Fsp3) is 0.600. The predicted octanol–water partition coefficient (Wildman–Crippen LogP) is 3.66. The molecule has 7 heteroatoms. The quantitative estimate of drug-likeness (QED) is 0.843. The molecule has 1 saturated heterocycles. The molecule has 1 N–H and O–H groups in total. The minimum Gasteiger partial charge on any atom is -0.444 e. The highest BCUT2D eigenvalue weighted by atomic mass is 35.5. The highest BCUT2D eigenvalue weighted by molar-refractivity contribution is 6.34. The van der Waals surface area contributed by atoms with E-state index in [-0.39, 0.29) is 12.1 Å². The van der Waals surface area contributed by atoms with E-state index in [9.17, 15) is 4.79 Å². The molecule has 1 unspecified atom stereocenters. The van der Waals surface area contributed by atoms with Crippen LogP contribution in [0.3, 0.4) is 0 Å². The molecule has 1 aromatic rings. The maximum Gasteiger partial charge on any atom is 0.410 e. The maximum absolute atomic E-state index is 12.3. The van der Waals surface area contributed by atoms with Gasteiger partial charge in [0.2, 0.25) is 0 Å². The number of ether oxygens (including phenoxy) is 1. The van der Waals surface area contributed by atoms with Gasteiger partial charge in [0, 0.05) is 19.3 Å². The van der Waals surface area contributed by atoms with E-state index in [4.69, 9.17) is 27.9 Å². The van der Waals surface area contributed by atoms with Crippen molar-refractivity contribution in [2.45, 2.75) is 38.8 Å². The first-order valence-corrected chi connectivity index (χ1v) is 8.04.